The highest BCUT2D eigenvalue weighted by molar-refractivity contribution is 5.87. The predicted octanol–water partition coefficient (Wildman–Crippen LogP) is 0.332. The van der Waals surface area contributed by atoms with Crippen molar-refractivity contribution in [2.24, 2.45) is 12.9 Å². The zero-order valence-electron chi connectivity index (χ0n) is 9.27. The topological polar surface area (TPSA) is 79.4 Å². The first-order valence-corrected chi connectivity index (χ1v) is 4.43. The Morgan fingerprint density at radius 3 is 2.67 bits per heavy atom. The summed E-state index contributed by atoms with van der Waals surface area (Å²) >= 11 is 0. The van der Waals surface area contributed by atoms with E-state index in [0.29, 0.717) is 5.69 Å². The lowest BCUT2D eigenvalue weighted by molar-refractivity contribution is -0.0294. The lowest BCUT2D eigenvalue weighted by Crippen LogP contribution is -2.27. The Labute approximate surface area is 87.9 Å². The molecule has 84 valence electrons. The van der Waals surface area contributed by atoms with Gasteiger partial charge in [-0.05, 0) is 19.9 Å². The number of aryl methyl sites for hydroxylation is 1. The van der Waals surface area contributed by atoms with Gasteiger partial charge in [-0.2, -0.15) is 5.10 Å². The number of ether oxygens (including phenoxy) is 1. The van der Waals surface area contributed by atoms with Gasteiger partial charge in [0.1, 0.15) is 5.60 Å². The summed E-state index contributed by atoms with van der Waals surface area (Å²) in [5, 5.41) is 4.00. The number of rotatable bonds is 3. The fourth-order valence-corrected chi connectivity index (χ4v) is 1.30. The van der Waals surface area contributed by atoms with Gasteiger partial charge >= 0.3 is 5.97 Å². The number of hydrogen-bond donors (Lipinski definition) is 1. The Bertz CT molecular complexity index is 371. The Morgan fingerprint density at radius 2 is 2.20 bits per heavy atom. The molecule has 1 aromatic rings. The van der Waals surface area contributed by atoms with Gasteiger partial charge < -0.3 is 4.74 Å². The van der Waals surface area contributed by atoms with Gasteiger partial charge in [0.05, 0.1) is 12.8 Å². The van der Waals surface area contributed by atoms with Crippen molar-refractivity contribution in [2.75, 3.05) is 7.11 Å². The van der Waals surface area contributed by atoms with Gasteiger partial charge in [-0.15, -0.1) is 0 Å². The fourth-order valence-electron chi connectivity index (χ4n) is 1.30. The van der Waals surface area contributed by atoms with E-state index in [2.05, 4.69) is 9.84 Å². The van der Waals surface area contributed by atoms with Gasteiger partial charge in [0.2, 0.25) is 0 Å². The van der Waals surface area contributed by atoms with Crippen molar-refractivity contribution in [2.45, 2.75) is 19.4 Å². The van der Waals surface area contributed by atoms with Crippen LogP contribution in [0.3, 0.4) is 0 Å². The van der Waals surface area contributed by atoms with E-state index in [9.17, 15) is 4.79 Å². The van der Waals surface area contributed by atoms with E-state index >= 15 is 0 Å². The highest BCUT2D eigenvalue weighted by Crippen LogP contribution is 2.23. The Morgan fingerprint density at radius 1 is 1.60 bits per heavy atom. The average molecular weight is 213 g/mol. The molecule has 0 fully saturated rings. The highest BCUT2D eigenvalue weighted by Gasteiger charge is 2.27. The molecule has 0 atom stereocenters. The van der Waals surface area contributed by atoms with Gasteiger partial charge in [-0.1, -0.05) is 0 Å². The van der Waals surface area contributed by atoms with Crippen LogP contribution in [-0.2, 0) is 22.2 Å². The average Bonchev–Trinajstić information content (AvgIpc) is 2.60. The van der Waals surface area contributed by atoms with Crippen LogP contribution in [-0.4, -0.2) is 22.9 Å². The van der Waals surface area contributed by atoms with Crippen LogP contribution in [0.1, 0.15) is 30.0 Å². The van der Waals surface area contributed by atoms with E-state index in [1.54, 1.807) is 31.6 Å². The summed E-state index contributed by atoms with van der Waals surface area (Å²) in [6.45, 7) is 3.57. The van der Waals surface area contributed by atoms with Crippen molar-refractivity contribution in [3.05, 3.63) is 17.5 Å². The van der Waals surface area contributed by atoms with E-state index in [-0.39, 0.29) is 5.69 Å². The summed E-state index contributed by atoms with van der Waals surface area (Å²) in [6, 6.07) is 1.60. The minimum atomic E-state index is -0.700. The van der Waals surface area contributed by atoms with Crippen LogP contribution in [0, 0.1) is 0 Å². The lowest BCUT2D eigenvalue weighted by Gasteiger charge is -2.21. The monoisotopic (exact) mass is 213 g/mol. The van der Waals surface area contributed by atoms with E-state index < -0.39 is 11.6 Å². The molecule has 1 rings (SSSR count). The van der Waals surface area contributed by atoms with Crippen molar-refractivity contribution in [3.63, 3.8) is 0 Å². The van der Waals surface area contributed by atoms with Gasteiger partial charge in [0, 0.05) is 7.05 Å². The van der Waals surface area contributed by atoms with Crippen LogP contribution in [0.25, 0.3) is 0 Å². The third-order valence-electron chi connectivity index (χ3n) is 2.19. The third-order valence-corrected chi connectivity index (χ3v) is 2.19. The van der Waals surface area contributed by atoms with Gasteiger partial charge in [0.15, 0.2) is 5.69 Å². The number of esters is 1. The number of hydrogen-bond acceptors (Lipinski definition) is 5. The molecule has 0 aliphatic heterocycles. The van der Waals surface area contributed by atoms with Crippen LogP contribution in [0.5, 0.6) is 0 Å². The molecule has 0 spiro atoms. The van der Waals surface area contributed by atoms with Crippen LogP contribution in [0.2, 0.25) is 0 Å². The van der Waals surface area contributed by atoms with E-state index in [4.69, 9.17) is 10.7 Å². The number of aromatic nitrogens is 2. The predicted molar refractivity (Wildman–Crippen MR) is 52.8 cm³/mol. The molecule has 0 saturated heterocycles. The largest absolute Gasteiger partial charge is 0.464 e. The molecular formula is C9H15N3O3. The third kappa shape index (κ3) is 2.16. The van der Waals surface area contributed by atoms with Crippen molar-refractivity contribution in [1.82, 2.24) is 9.78 Å². The number of carbonyl (C=O) groups excluding carboxylic acids is 1. The zero-order valence-corrected chi connectivity index (χ0v) is 9.27. The maximum absolute atomic E-state index is 11.2. The lowest BCUT2D eigenvalue weighted by atomic mass is 10.1. The summed E-state index contributed by atoms with van der Waals surface area (Å²) in [7, 11) is 3.02. The molecule has 15 heavy (non-hydrogen) atoms. The molecular weight excluding hydrogens is 198 g/mol. The highest BCUT2D eigenvalue weighted by atomic mass is 16.6. The SMILES string of the molecule is COC(=O)c1cc(C(C)(C)ON)n(C)n1. The van der Waals surface area contributed by atoms with Crippen LogP contribution in [0.15, 0.2) is 6.07 Å². The van der Waals surface area contributed by atoms with E-state index in [1.807, 2.05) is 0 Å². The normalized spacial score (nSPS) is 11.5. The minimum absolute atomic E-state index is 0.236. The molecule has 0 unspecified atom stereocenters. The molecule has 0 aliphatic rings. The number of nitrogens with zero attached hydrogens (tertiary/aromatic N) is 2. The molecule has 1 aromatic heterocycles. The summed E-state index contributed by atoms with van der Waals surface area (Å²) in [5.41, 5.74) is 0.235. The number of methoxy groups -OCH3 is 1. The summed E-state index contributed by atoms with van der Waals surface area (Å²) in [6.07, 6.45) is 0. The minimum Gasteiger partial charge on any atom is -0.464 e. The molecule has 0 saturated carbocycles. The Kier molecular flexibility index (Phi) is 3.11. The molecule has 0 bridgehead atoms. The summed E-state index contributed by atoms with van der Waals surface area (Å²) < 4.78 is 6.10. The second kappa shape index (κ2) is 4.00. The Hall–Kier alpha value is -1.40. The van der Waals surface area contributed by atoms with Crippen LogP contribution < -0.4 is 5.90 Å². The molecule has 6 nitrogen and oxygen atoms in total. The van der Waals surface area contributed by atoms with Crippen LogP contribution >= 0.6 is 0 Å². The van der Waals surface area contributed by atoms with Gasteiger partial charge in [0.25, 0.3) is 0 Å². The van der Waals surface area contributed by atoms with Crippen LogP contribution in [0.4, 0.5) is 0 Å². The van der Waals surface area contributed by atoms with Gasteiger partial charge in [-0.25, -0.2) is 10.7 Å². The van der Waals surface area contributed by atoms with Gasteiger partial charge in [-0.3, -0.25) is 9.52 Å². The van der Waals surface area contributed by atoms with E-state index in [1.165, 1.54) is 7.11 Å². The first kappa shape index (κ1) is 11.7. The van der Waals surface area contributed by atoms with Crippen molar-refractivity contribution < 1.29 is 14.4 Å². The molecule has 1 heterocycles. The zero-order chi connectivity index (χ0) is 11.6. The summed E-state index contributed by atoms with van der Waals surface area (Å²) in [5.74, 6) is 4.69. The standard InChI is InChI=1S/C9H15N3O3/c1-9(2,15-10)7-5-6(8(13)14-4)11-12(7)3/h5H,10H2,1-4H3. The number of nitrogens with two attached hydrogens (primary N) is 1. The molecule has 2 N–H and O–H groups in total. The molecule has 6 heteroatoms. The first-order valence-electron chi connectivity index (χ1n) is 4.43. The molecule has 0 amide bonds. The molecule has 0 aromatic carbocycles. The quantitative estimate of drug-likeness (QED) is 0.578. The first-order chi connectivity index (χ1) is 6.92. The second-order valence-corrected chi connectivity index (χ2v) is 3.66. The maximum atomic E-state index is 11.2. The van der Waals surface area contributed by atoms with E-state index in [0.717, 1.165) is 0 Å². The maximum Gasteiger partial charge on any atom is 0.358 e. The fraction of sp³-hybridized carbons (Fsp3) is 0.556. The molecule has 0 radical (unpaired) electrons. The van der Waals surface area contributed by atoms with Crippen molar-refractivity contribution in [1.29, 1.82) is 0 Å². The second-order valence-electron chi connectivity index (χ2n) is 3.66. The smallest absolute Gasteiger partial charge is 0.358 e. The molecule has 0 aliphatic carbocycles. The van der Waals surface area contributed by atoms with Crippen molar-refractivity contribution >= 4 is 5.97 Å². The Balaban J connectivity index is 3.12. The number of carbonyl (C=O) groups is 1. The summed E-state index contributed by atoms with van der Waals surface area (Å²) in [4.78, 5) is 16.0. The van der Waals surface area contributed by atoms with Crippen molar-refractivity contribution in [3.8, 4) is 0 Å².